The molecule has 0 atom stereocenters. The van der Waals surface area contributed by atoms with Crippen molar-refractivity contribution in [3.63, 3.8) is 0 Å². The van der Waals surface area contributed by atoms with E-state index in [9.17, 15) is 22.8 Å². The number of rotatable bonds is 4. The van der Waals surface area contributed by atoms with Crippen molar-refractivity contribution in [1.82, 2.24) is 0 Å². The Bertz CT molecular complexity index is 1030. The van der Waals surface area contributed by atoms with E-state index in [-0.39, 0.29) is 22.1 Å². The summed E-state index contributed by atoms with van der Waals surface area (Å²) in [4.78, 5) is 26.5. The van der Waals surface area contributed by atoms with E-state index in [1.54, 1.807) is 24.3 Å². The first-order valence-electron chi connectivity index (χ1n) is 7.99. The van der Waals surface area contributed by atoms with Crippen molar-refractivity contribution in [2.45, 2.75) is 13.3 Å². The van der Waals surface area contributed by atoms with Gasteiger partial charge in [-0.3, -0.25) is 9.59 Å². The van der Waals surface area contributed by atoms with Crippen molar-refractivity contribution in [2.24, 2.45) is 4.99 Å². The predicted octanol–water partition coefficient (Wildman–Crippen LogP) is 4.12. The summed E-state index contributed by atoms with van der Waals surface area (Å²) in [7, 11) is 0. The van der Waals surface area contributed by atoms with Crippen LogP contribution in [0.3, 0.4) is 0 Å². The molecule has 0 unspecified atom stereocenters. The third kappa shape index (κ3) is 4.25. The second kappa shape index (κ2) is 7.89. The van der Waals surface area contributed by atoms with E-state index in [4.69, 9.17) is 5.11 Å². The SMILES string of the molecule is Cc1c(F)cc(C=C2SC(Nc3ccc(CC(=O)O)cc3)=NC2=O)c(F)c1F. The van der Waals surface area contributed by atoms with Crippen molar-refractivity contribution in [2.75, 3.05) is 5.32 Å². The second-order valence-electron chi connectivity index (χ2n) is 5.93. The van der Waals surface area contributed by atoms with Gasteiger partial charge in [0.25, 0.3) is 5.91 Å². The van der Waals surface area contributed by atoms with Crippen LogP contribution in [0.25, 0.3) is 6.08 Å². The van der Waals surface area contributed by atoms with E-state index >= 15 is 0 Å². The summed E-state index contributed by atoms with van der Waals surface area (Å²) in [5.74, 6) is -5.08. The Morgan fingerprint density at radius 3 is 2.54 bits per heavy atom. The van der Waals surface area contributed by atoms with Gasteiger partial charge in [0.1, 0.15) is 5.82 Å². The van der Waals surface area contributed by atoms with Gasteiger partial charge < -0.3 is 10.4 Å². The van der Waals surface area contributed by atoms with E-state index in [1.165, 1.54) is 0 Å². The molecule has 0 radical (unpaired) electrons. The minimum atomic E-state index is -1.30. The fourth-order valence-electron chi connectivity index (χ4n) is 2.42. The number of carboxylic acid groups (broad SMARTS) is 1. The minimum absolute atomic E-state index is 0.00607. The number of hydrogen-bond acceptors (Lipinski definition) is 4. The zero-order chi connectivity index (χ0) is 20.4. The molecule has 0 bridgehead atoms. The molecule has 1 amide bonds. The first-order valence-corrected chi connectivity index (χ1v) is 8.80. The van der Waals surface area contributed by atoms with Gasteiger partial charge in [0.2, 0.25) is 0 Å². The molecular weight excluding hydrogens is 393 g/mol. The average molecular weight is 406 g/mol. The van der Waals surface area contributed by atoms with Gasteiger partial charge >= 0.3 is 5.97 Å². The molecule has 0 spiro atoms. The Morgan fingerprint density at radius 2 is 1.89 bits per heavy atom. The average Bonchev–Trinajstić information content (AvgIpc) is 2.98. The number of hydrogen-bond donors (Lipinski definition) is 2. The van der Waals surface area contributed by atoms with E-state index in [2.05, 4.69) is 10.3 Å². The Morgan fingerprint density at radius 1 is 1.21 bits per heavy atom. The van der Waals surface area contributed by atoms with Gasteiger partial charge in [0, 0.05) is 16.8 Å². The van der Waals surface area contributed by atoms with Crippen LogP contribution in [-0.4, -0.2) is 22.2 Å². The van der Waals surface area contributed by atoms with Gasteiger partial charge in [-0.1, -0.05) is 12.1 Å². The lowest BCUT2D eigenvalue weighted by atomic mass is 10.1. The number of thioether (sulfide) groups is 1. The second-order valence-corrected chi connectivity index (χ2v) is 6.96. The van der Waals surface area contributed by atoms with Crippen LogP contribution >= 0.6 is 11.8 Å². The number of carbonyl (C=O) groups is 2. The highest BCUT2D eigenvalue weighted by molar-refractivity contribution is 8.18. The fourth-order valence-corrected chi connectivity index (χ4v) is 3.24. The smallest absolute Gasteiger partial charge is 0.307 e. The Labute approximate surface area is 162 Å². The van der Waals surface area contributed by atoms with Crippen molar-refractivity contribution in [3.8, 4) is 0 Å². The number of anilines is 1. The molecule has 0 aromatic heterocycles. The van der Waals surface area contributed by atoms with E-state index in [1.807, 2.05) is 0 Å². The molecule has 1 aliphatic heterocycles. The van der Waals surface area contributed by atoms with E-state index < -0.39 is 34.9 Å². The summed E-state index contributed by atoms with van der Waals surface area (Å²) in [6, 6.07) is 7.29. The van der Waals surface area contributed by atoms with Crippen molar-refractivity contribution >= 4 is 40.6 Å². The van der Waals surface area contributed by atoms with Gasteiger partial charge in [-0.25, -0.2) is 13.2 Å². The van der Waals surface area contributed by atoms with E-state index in [0.29, 0.717) is 11.3 Å². The van der Waals surface area contributed by atoms with Crippen LogP contribution in [0.2, 0.25) is 0 Å². The number of benzene rings is 2. The van der Waals surface area contributed by atoms with Crippen LogP contribution < -0.4 is 5.32 Å². The summed E-state index contributed by atoms with van der Waals surface area (Å²) >= 11 is 0.893. The highest BCUT2D eigenvalue weighted by Crippen LogP contribution is 2.31. The number of halogens is 3. The Balaban J connectivity index is 1.75. The van der Waals surface area contributed by atoms with Gasteiger partial charge in [-0.05, 0) is 48.5 Å². The maximum absolute atomic E-state index is 14.0. The van der Waals surface area contributed by atoms with Crippen LogP contribution in [-0.2, 0) is 16.0 Å². The molecule has 144 valence electrons. The number of aliphatic carboxylic acids is 1. The molecule has 2 aromatic rings. The molecule has 0 saturated carbocycles. The zero-order valence-electron chi connectivity index (χ0n) is 14.4. The van der Waals surface area contributed by atoms with E-state index in [0.717, 1.165) is 30.8 Å². The molecule has 1 heterocycles. The molecule has 28 heavy (non-hydrogen) atoms. The molecule has 3 rings (SSSR count). The number of amidine groups is 1. The van der Waals surface area contributed by atoms with Crippen LogP contribution in [0.4, 0.5) is 18.9 Å². The molecular formula is C19H13F3N2O3S. The number of carbonyl (C=O) groups excluding carboxylic acids is 1. The number of nitrogens with one attached hydrogen (secondary N) is 1. The summed E-state index contributed by atoms with van der Waals surface area (Å²) < 4.78 is 41.3. The number of aliphatic imine (C=N–C) groups is 1. The topological polar surface area (TPSA) is 78.8 Å². The highest BCUT2D eigenvalue weighted by Gasteiger charge is 2.24. The number of nitrogens with zero attached hydrogens (tertiary/aromatic N) is 1. The molecule has 9 heteroatoms. The summed E-state index contributed by atoms with van der Waals surface area (Å²) in [6.07, 6.45) is 0.929. The largest absolute Gasteiger partial charge is 0.481 e. The zero-order valence-corrected chi connectivity index (χ0v) is 15.2. The normalized spacial score (nSPS) is 15.1. The maximum Gasteiger partial charge on any atom is 0.307 e. The predicted molar refractivity (Wildman–Crippen MR) is 100 cm³/mol. The Kier molecular flexibility index (Phi) is 5.55. The van der Waals surface area contributed by atoms with Crippen LogP contribution in [0.1, 0.15) is 16.7 Å². The minimum Gasteiger partial charge on any atom is -0.481 e. The standard InChI is InChI=1S/C19H13F3N2O3S/c1-9-13(20)7-11(17(22)16(9)21)8-14-18(27)24-19(28-14)23-12-4-2-10(3-5-12)6-15(25)26/h2-5,7-8H,6H2,1H3,(H,25,26)(H,23,24,27). The lowest BCUT2D eigenvalue weighted by Crippen LogP contribution is -2.05. The molecule has 0 saturated heterocycles. The van der Waals surface area contributed by atoms with Crippen LogP contribution in [0, 0.1) is 24.4 Å². The first kappa shape index (κ1) is 19.7. The summed E-state index contributed by atoms with van der Waals surface area (Å²) in [6.45, 7) is 1.12. The van der Waals surface area contributed by atoms with Crippen LogP contribution in [0.15, 0.2) is 40.2 Å². The number of amides is 1. The lowest BCUT2D eigenvalue weighted by molar-refractivity contribution is -0.136. The van der Waals surface area contributed by atoms with Gasteiger partial charge in [0.15, 0.2) is 16.8 Å². The van der Waals surface area contributed by atoms with Gasteiger partial charge in [0.05, 0.1) is 11.3 Å². The fraction of sp³-hybridized carbons (Fsp3) is 0.105. The van der Waals surface area contributed by atoms with Gasteiger partial charge in [-0.2, -0.15) is 4.99 Å². The maximum atomic E-state index is 14.0. The number of carboxylic acids is 1. The molecule has 5 nitrogen and oxygen atoms in total. The van der Waals surface area contributed by atoms with Gasteiger partial charge in [-0.15, -0.1) is 0 Å². The highest BCUT2D eigenvalue weighted by atomic mass is 32.2. The summed E-state index contributed by atoms with van der Waals surface area (Å²) in [5.41, 5.74) is 0.351. The third-order valence-corrected chi connectivity index (χ3v) is 4.78. The third-order valence-electron chi connectivity index (χ3n) is 3.88. The molecule has 0 aliphatic carbocycles. The van der Waals surface area contributed by atoms with Crippen molar-refractivity contribution in [3.05, 3.63) is 69.4 Å². The molecule has 2 N–H and O–H groups in total. The van der Waals surface area contributed by atoms with Crippen LogP contribution in [0.5, 0.6) is 0 Å². The lowest BCUT2D eigenvalue weighted by Gasteiger charge is -2.06. The molecule has 1 aliphatic rings. The first-order chi connectivity index (χ1) is 13.2. The summed E-state index contributed by atoms with van der Waals surface area (Å²) in [5, 5.41) is 11.8. The molecule has 2 aromatic carbocycles. The quantitative estimate of drug-likeness (QED) is 0.590. The monoisotopic (exact) mass is 406 g/mol. The van der Waals surface area contributed by atoms with Crippen molar-refractivity contribution < 1.29 is 27.9 Å². The Hall–Kier alpha value is -3.07. The van der Waals surface area contributed by atoms with Crippen molar-refractivity contribution in [1.29, 1.82) is 0 Å². The molecule has 0 fully saturated rings.